The van der Waals surface area contributed by atoms with E-state index in [9.17, 15) is 5.26 Å². The maximum absolute atomic E-state index is 9.47. The first-order chi connectivity index (χ1) is 13.2. The molecule has 2 heterocycles. The summed E-state index contributed by atoms with van der Waals surface area (Å²) < 4.78 is 11.2. The maximum atomic E-state index is 9.47. The van der Waals surface area contributed by atoms with Crippen molar-refractivity contribution in [3.05, 3.63) is 17.4 Å². The number of anilines is 2. The highest BCUT2D eigenvalue weighted by atomic mass is 35.5. The number of halogens is 1. The van der Waals surface area contributed by atoms with Crippen LogP contribution in [0.2, 0.25) is 31.0 Å². The van der Waals surface area contributed by atoms with Crippen LogP contribution in [0.25, 0.3) is 5.57 Å². The number of aromatic nitrogens is 2. The van der Waals surface area contributed by atoms with Crippen LogP contribution in [0.4, 0.5) is 11.6 Å². The predicted molar refractivity (Wildman–Crippen MR) is 117 cm³/mol. The quantitative estimate of drug-likeness (QED) is 0.211. The minimum absolute atomic E-state index is 0.119. The van der Waals surface area contributed by atoms with E-state index in [1.165, 1.54) is 0 Å². The summed E-state index contributed by atoms with van der Waals surface area (Å²) in [6, 6.07) is 3.40. The fraction of sp³-hybridized carbons (Fsp3) is 0.632. The van der Waals surface area contributed by atoms with E-state index in [4.69, 9.17) is 21.1 Å². The van der Waals surface area contributed by atoms with Gasteiger partial charge in [0.2, 0.25) is 5.28 Å². The second kappa shape index (κ2) is 10.2. The van der Waals surface area contributed by atoms with E-state index in [0.717, 1.165) is 18.9 Å². The van der Waals surface area contributed by atoms with E-state index in [0.29, 0.717) is 43.8 Å². The number of allylic oxidation sites excluding steroid dienone is 1. The molecule has 0 atom stereocenters. The maximum Gasteiger partial charge on any atom is 0.226 e. The Morgan fingerprint density at radius 1 is 1.39 bits per heavy atom. The predicted octanol–water partition coefficient (Wildman–Crippen LogP) is 4.01. The molecule has 0 radical (unpaired) electrons. The van der Waals surface area contributed by atoms with Crippen molar-refractivity contribution in [3.63, 3.8) is 0 Å². The molecule has 7 nitrogen and oxygen atoms in total. The molecule has 2 rings (SSSR count). The lowest BCUT2D eigenvalue weighted by Gasteiger charge is -2.27. The smallest absolute Gasteiger partial charge is 0.226 e. The Morgan fingerprint density at radius 3 is 2.68 bits per heavy atom. The van der Waals surface area contributed by atoms with Gasteiger partial charge in [-0.3, -0.25) is 0 Å². The standard InChI is InChI=1S/C19H30ClN5O2Si/c1-14(12-21)16-17(22-15-6-8-26-9-7-15)23-19(20)24-18(16)25(2)13-27-10-11-28(3,4)5/h15H,1,6-11,13H2,2-5H3,(H,22,23,24). The molecule has 0 aliphatic carbocycles. The van der Waals surface area contributed by atoms with Crippen molar-refractivity contribution in [2.45, 2.75) is 44.6 Å². The van der Waals surface area contributed by atoms with Gasteiger partial charge in [0.1, 0.15) is 18.4 Å². The van der Waals surface area contributed by atoms with Gasteiger partial charge in [-0.1, -0.05) is 26.2 Å². The van der Waals surface area contributed by atoms with E-state index < -0.39 is 8.07 Å². The molecule has 0 spiro atoms. The molecule has 0 saturated carbocycles. The topological polar surface area (TPSA) is 83.3 Å². The number of rotatable bonds is 9. The van der Waals surface area contributed by atoms with Crippen molar-refractivity contribution in [1.82, 2.24) is 9.97 Å². The van der Waals surface area contributed by atoms with E-state index in [-0.39, 0.29) is 16.9 Å². The molecule has 0 aromatic carbocycles. The molecule has 1 fully saturated rings. The highest BCUT2D eigenvalue weighted by molar-refractivity contribution is 6.76. The summed E-state index contributed by atoms with van der Waals surface area (Å²) in [4.78, 5) is 10.5. The minimum Gasteiger partial charge on any atom is -0.381 e. The molecule has 0 amide bonds. The van der Waals surface area contributed by atoms with Crippen molar-refractivity contribution in [1.29, 1.82) is 5.26 Å². The molecular weight excluding hydrogens is 394 g/mol. The van der Waals surface area contributed by atoms with Gasteiger partial charge in [-0.15, -0.1) is 0 Å². The highest BCUT2D eigenvalue weighted by Gasteiger charge is 2.23. The first kappa shape index (κ1) is 22.6. The van der Waals surface area contributed by atoms with Crippen LogP contribution in [-0.2, 0) is 9.47 Å². The number of ether oxygens (including phenoxy) is 2. The largest absolute Gasteiger partial charge is 0.381 e. The van der Waals surface area contributed by atoms with Crippen LogP contribution >= 0.6 is 11.6 Å². The van der Waals surface area contributed by atoms with Crippen LogP contribution in [-0.4, -0.2) is 57.7 Å². The SMILES string of the molecule is C=C(C#N)c1c(NC2CCOCC2)nc(Cl)nc1N(C)COCC[Si](C)(C)C. The van der Waals surface area contributed by atoms with Gasteiger partial charge >= 0.3 is 0 Å². The number of nitrogens with zero attached hydrogens (tertiary/aromatic N) is 4. The summed E-state index contributed by atoms with van der Waals surface area (Å²) in [5.74, 6) is 1.07. The number of nitriles is 1. The van der Waals surface area contributed by atoms with Crippen LogP contribution in [0.5, 0.6) is 0 Å². The zero-order valence-electron chi connectivity index (χ0n) is 17.2. The third kappa shape index (κ3) is 6.74. The first-order valence-corrected chi connectivity index (χ1v) is 13.6. The third-order valence-electron chi connectivity index (χ3n) is 4.50. The van der Waals surface area contributed by atoms with Gasteiger partial charge in [-0.05, 0) is 30.5 Å². The normalized spacial score (nSPS) is 15.1. The van der Waals surface area contributed by atoms with Gasteiger partial charge in [-0.25, -0.2) is 0 Å². The van der Waals surface area contributed by atoms with Gasteiger partial charge < -0.3 is 19.7 Å². The van der Waals surface area contributed by atoms with Crippen LogP contribution in [0.1, 0.15) is 18.4 Å². The number of nitrogens with one attached hydrogen (secondary N) is 1. The molecule has 1 aromatic rings. The Morgan fingerprint density at radius 2 is 2.07 bits per heavy atom. The highest BCUT2D eigenvalue weighted by Crippen LogP contribution is 2.32. The average Bonchev–Trinajstić information content (AvgIpc) is 2.64. The molecule has 0 bridgehead atoms. The first-order valence-electron chi connectivity index (χ1n) is 9.51. The second-order valence-electron chi connectivity index (χ2n) is 8.21. The second-order valence-corrected chi connectivity index (χ2v) is 14.2. The van der Waals surface area contributed by atoms with Gasteiger partial charge in [0.25, 0.3) is 0 Å². The van der Waals surface area contributed by atoms with Gasteiger partial charge in [0.05, 0.1) is 17.2 Å². The van der Waals surface area contributed by atoms with E-state index in [1.54, 1.807) is 0 Å². The average molecular weight is 424 g/mol. The van der Waals surface area contributed by atoms with E-state index in [2.05, 4.69) is 47.6 Å². The Bertz CT molecular complexity index is 726. The lowest BCUT2D eigenvalue weighted by molar-refractivity contribution is 0.0904. The molecule has 1 aliphatic rings. The summed E-state index contributed by atoms with van der Waals surface area (Å²) in [5, 5.41) is 13.0. The molecule has 28 heavy (non-hydrogen) atoms. The minimum atomic E-state index is -1.15. The van der Waals surface area contributed by atoms with Gasteiger partial charge in [-0.2, -0.15) is 15.2 Å². The third-order valence-corrected chi connectivity index (χ3v) is 6.38. The Kier molecular flexibility index (Phi) is 8.25. The summed E-state index contributed by atoms with van der Waals surface area (Å²) in [7, 11) is 0.707. The van der Waals surface area contributed by atoms with Crippen molar-refractivity contribution < 1.29 is 9.47 Å². The Hall–Kier alpha value is -1.66. The molecule has 1 saturated heterocycles. The Balaban J connectivity index is 2.21. The molecule has 1 aromatic heterocycles. The zero-order valence-corrected chi connectivity index (χ0v) is 19.0. The fourth-order valence-electron chi connectivity index (χ4n) is 2.81. The zero-order chi connectivity index (χ0) is 20.7. The molecular formula is C19H30ClN5O2Si. The van der Waals surface area contributed by atoms with Crippen LogP contribution in [0.3, 0.4) is 0 Å². The summed E-state index contributed by atoms with van der Waals surface area (Å²) >= 11 is 6.19. The molecule has 9 heteroatoms. The molecule has 154 valence electrons. The van der Waals surface area contributed by atoms with Crippen molar-refractivity contribution >= 4 is 36.9 Å². The van der Waals surface area contributed by atoms with Gasteiger partial charge in [0.15, 0.2) is 0 Å². The number of hydrogen-bond donors (Lipinski definition) is 1. The van der Waals surface area contributed by atoms with Crippen molar-refractivity contribution in [2.24, 2.45) is 0 Å². The van der Waals surface area contributed by atoms with Crippen molar-refractivity contribution in [2.75, 3.05) is 43.8 Å². The van der Waals surface area contributed by atoms with E-state index >= 15 is 0 Å². The van der Waals surface area contributed by atoms with Crippen LogP contribution < -0.4 is 10.2 Å². The summed E-state index contributed by atoms with van der Waals surface area (Å²) in [6.45, 7) is 13.3. The monoisotopic (exact) mass is 423 g/mol. The van der Waals surface area contributed by atoms with Crippen LogP contribution in [0, 0.1) is 11.3 Å². The van der Waals surface area contributed by atoms with E-state index in [1.807, 2.05) is 11.9 Å². The Labute approximate surface area is 173 Å². The summed E-state index contributed by atoms with van der Waals surface area (Å²) in [5.41, 5.74) is 0.852. The molecule has 0 unspecified atom stereocenters. The lowest BCUT2D eigenvalue weighted by Crippen LogP contribution is -2.30. The molecule has 1 N–H and O–H groups in total. The van der Waals surface area contributed by atoms with Gasteiger partial charge in [0, 0.05) is 41.0 Å². The summed E-state index contributed by atoms with van der Waals surface area (Å²) in [6.07, 6.45) is 1.73. The lowest BCUT2D eigenvalue weighted by atomic mass is 10.1. The van der Waals surface area contributed by atoms with Crippen LogP contribution in [0.15, 0.2) is 6.58 Å². The fourth-order valence-corrected chi connectivity index (χ4v) is 3.73. The molecule has 1 aliphatic heterocycles. The van der Waals surface area contributed by atoms with Crippen molar-refractivity contribution in [3.8, 4) is 6.07 Å². The number of hydrogen-bond acceptors (Lipinski definition) is 7.